The van der Waals surface area contributed by atoms with E-state index in [0.29, 0.717) is 17.1 Å². The van der Waals surface area contributed by atoms with Crippen LogP contribution in [0.15, 0.2) is 48.7 Å². The van der Waals surface area contributed by atoms with Crippen molar-refractivity contribution >= 4 is 5.91 Å². The SMILES string of the molecule is COc1ccc(C(C)NC(=O)c2nn(-c3ccccc3)nc2C)nc1. The molecule has 0 bridgehead atoms. The number of para-hydroxylation sites is 1. The predicted octanol–water partition coefficient (Wildman–Crippen LogP) is 2.47. The van der Waals surface area contributed by atoms with Gasteiger partial charge < -0.3 is 10.1 Å². The van der Waals surface area contributed by atoms with E-state index >= 15 is 0 Å². The summed E-state index contributed by atoms with van der Waals surface area (Å²) in [6, 6.07) is 12.8. The molecule has 7 heteroatoms. The van der Waals surface area contributed by atoms with E-state index in [1.165, 1.54) is 4.80 Å². The molecule has 1 N–H and O–H groups in total. The van der Waals surface area contributed by atoms with Gasteiger partial charge in [-0.2, -0.15) is 9.90 Å². The molecule has 0 fully saturated rings. The molecule has 128 valence electrons. The quantitative estimate of drug-likeness (QED) is 0.773. The molecule has 7 nitrogen and oxygen atoms in total. The molecule has 1 aromatic carbocycles. The molecule has 2 heterocycles. The standard InChI is InChI=1S/C18H19N5O2/c1-12(16-10-9-15(25-3)11-19-16)20-18(24)17-13(2)21-23(22-17)14-7-5-4-6-8-14/h4-12H,1-3H3,(H,20,24). The van der Waals surface area contributed by atoms with Crippen LogP contribution in [0.3, 0.4) is 0 Å². The summed E-state index contributed by atoms with van der Waals surface area (Å²) in [5, 5.41) is 11.5. The van der Waals surface area contributed by atoms with Gasteiger partial charge in [-0.15, -0.1) is 5.10 Å². The molecule has 0 aliphatic carbocycles. The molecule has 2 aromatic heterocycles. The minimum absolute atomic E-state index is 0.264. The first-order valence-electron chi connectivity index (χ1n) is 7.88. The van der Waals surface area contributed by atoms with Gasteiger partial charge in [-0.25, -0.2) is 0 Å². The van der Waals surface area contributed by atoms with Crippen molar-refractivity contribution in [1.82, 2.24) is 25.3 Å². The fourth-order valence-electron chi connectivity index (χ4n) is 2.37. The van der Waals surface area contributed by atoms with E-state index in [2.05, 4.69) is 20.5 Å². The second-order valence-electron chi connectivity index (χ2n) is 5.58. The van der Waals surface area contributed by atoms with Crippen LogP contribution in [-0.4, -0.2) is 33.0 Å². The zero-order chi connectivity index (χ0) is 17.8. The predicted molar refractivity (Wildman–Crippen MR) is 92.8 cm³/mol. The summed E-state index contributed by atoms with van der Waals surface area (Å²) in [4.78, 5) is 18.3. The summed E-state index contributed by atoms with van der Waals surface area (Å²) in [7, 11) is 1.58. The van der Waals surface area contributed by atoms with E-state index in [0.717, 1.165) is 11.4 Å². The van der Waals surface area contributed by atoms with Crippen molar-refractivity contribution in [1.29, 1.82) is 0 Å². The number of aryl methyl sites for hydroxylation is 1. The molecule has 1 atom stereocenters. The Bertz CT molecular complexity index is 859. The van der Waals surface area contributed by atoms with Gasteiger partial charge in [0.2, 0.25) is 0 Å². The van der Waals surface area contributed by atoms with Crippen molar-refractivity contribution < 1.29 is 9.53 Å². The molecule has 0 aliphatic rings. The Morgan fingerprint density at radius 2 is 1.92 bits per heavy atom. The molecule has 25 heavy (non-hydrogen) atoms. The van der Waals surface area contributed by atoms with Crippen molar-refractivity contribution in [3.8, 4) is 11.4 Å². The van der Waals surface area contributed by atoms with Crippen LogP contribution in [-0.2, 0) is 0 Å². The Kier molecular flexibility index (Phi) is 4.74. The third kappa shape index (κ3) is 3.65. The monoisotopic (exact) mass is 337 g/mol. The van der Waals surface area contributed by atoms with Gasteiger partial charge in [-0.3, -0.25) is 9.78 Å². The number of methoxy groups -OCH3 is 1. The number of nitrogens with zero attached hydrogens (tertiary/aromatic N) is 4. The highest BCUT2D eigenvalue weighted by molar-refractivity contribution is 5.93. The molecule has 3 aromatic rings. The smallest absolute Gasteiger partial charge is 0.274 e. The van der Waals surface area contributed by atoms with Crippen LogP contribution >= 0.6 is 0 Å². The van der Waals surface area contributed by atoms with Crippen LogP contribution < -0.4 is 10.1 Å². The van der Waals surface area contributed by atoms with Crippen molar-refractivity contribution in [2.75, 3.05) is 7.11 Å². The molecular formula is C18H19N5O2. The maximum absolute atomic E-state index is 12.5. The summed E-state index contributed by atoms with van der Waals surface area (Å²) in [6.45, 7) is 3.63. The molecule has 0 radical (unpaired) electrons. The van der Waals surface area contributed by atoms with E-state index in [1.807, 2.05) is 49.4 Å². The number of ether oxygens (including phenoxy) is 1. The number of aromatic nitrogens is 4. The van der Waals surface area contributed by atoms with Gasteiger partial charge in [0.25, 0.3) is 5.91 Å². The Morgan fingerprint density at radius 3 is 2.56 bits per heavy atom. The number of amides is 1. The third-order valence-electron chi connectivity index (χ3n) is 3.77. The van der Waals surface area contributed by atoms with Crippen LogP contribution in [0.25, 0.3) is 5.69 Å². The minimum atomic E-state index is -0.287. The Balaban J connectivity index is 1.75. The molecule has 1 unspecified atom stereocenters. The van der Waals surface area contributed by atoms with Crippen molar-refractivity contribution in [2.24, 2.45) is 0 Å². The van der Waals surface area contributed by atoms with Crippen LogP contribution in [0.4, 0.5) is 0 Å². The van der Waals surface area contributed by atoms with E-state index < -0.39 is 0 Å². The highest BCUT2D eigenvalue weighted by Gasteiger charge is 2.19. The molecule has 0 aliphatic heterocycles. The molecule has 0 spiro atoms. The van der Waals surface area contributed by atoms with Gasteiger partial charge in [0.15, 0.2) is 5.69 Å². The lowest BCUT2D eigenvalue weighted by Crippen LogP contribution is -2.28. The van der Waals surface area contributed by atoms with Gasteiger partial charge in [-0.05, 0) is 38.1 Å². The average Bonchev–Trinajstić information content (AvgIpc) is 3.04. The summed E-state index contributed by atoms with van der Waals surface area (Å²) in [5.41, 5.74) is 2.40. The Hall–Kier alpha value is -3.22. The van der Waals surface area contributed by atoms with Gasteiger partial charge in [-0.1, -0.05) is 18.2 Å². The third-order valence-corrected chi connectivity index (χ3v) is 3.77. The molecule has 3 rings (SSSR count). The van der Waals surface area contributed by atoms with Crippen LogP contribution in [0, 0.1) is 6.92 Å². The lowest BCUT2D eigenvalue weighted by atomic mass is 10.2. The number of carbonyl (C=O) groups excluding carboxylic acids is 1. The van der Waals surface area contributed by atoms with Gasteiger partial charge in [0.05, 0.1) is 36.4 Å². The zero-order valence-corrected chi connectivity index (χ0v) is 14.3. The molecule has 0 saturated carbocycles. The van der Waals surface area contributed by atoms with Gasteiger partial charge >= 0.3 is 0 Å². The number of rotatable bonds is 5. The number of nitrogens with one attached hydrogen (secondary N) is 1. The number of hydrogen-bond acceptors (Lipinski definition) is 5. The maximum atomic E-state index is 12.5. The van der Waals surface area contributed by atoms with Gasteiger partial charge in [0.1, 0.15) is 5.75 Å². The number of pyridine rings is 1. The first kappa shape index (κ1) is 16.6. The highest BCUT2D eigenvalue weighted by Crippen LogP contribution is 2.15. The first-order valence-corrected chi connectivity index (χ1v) is 7.88. The van der Waals surface area contributed by atoms with E-state index in [9.17, 15) is 4.79 Å². The molecular weight excluding hydrogens is 318 g/mol. The summed E-state index contributed by atoms with van der Waals surface area (Å²) >= 11 is 0. The maximum Gasteiger partial charge on any atom is 0.274 e. The molecule has 1 amide bonds. The largest absolute Gasteiger partial charge is 0.495 e. The summed E-state index contributed by atoms with van der Waals surface area (Å²) in [5.74, 6) is 0.383. The lowest BCUT2D eigenvalue weighted by Gasteiger charge is -2.12. The van der Waals surface area contributed by atoms with Crippen molar-refractivity contribution in [3.63, 3.8) is 0 Å². The van der Waals surface area contributed by atoms with E-state index in [4.69, 9.17) is 4.74 Å². The van der Waals surface area contributed by atoms with Crippen molar-refractivity contribution in [2.45, 2.75) is 19.9 Å². The minimum Gasteiger partial charge on any atom is -0.495 e. The average molecular weight is 337 g/mol. The fourth-order valence-corrected chi connectivity index (χ4v) is 2.37. The summed E-state index contributed by atoms with van der Waals surface area (Å²) < 4.78 is 5.09. The Morgan fingerprint density at radius 1 is 1.16 bits per heavy atom. The number of benzene rings is 1. The van der Waals surface area contributed by atoms with Crippen LogP contribution in [0.5, 0.6) is 5.75 Å². The Labute approximate surface area is 145 Å². The first-order chi connectivity index (χ1) is 12.1. The van der Waals surface area contributed by atoms with E-state index in [-0.39, 0.29) is 11.9 Å². The van der Waals surface area contributed by atoms with Crippen LogP contribution in [0.2, 0.25) is 0 Å². The highest BCUT2D eigenvalue weighted by atomic mass is 16.5. The second kappa shape index (κ2) is 7.12. The van der Waals surface area contributed by atoms with Crippen LogP contribution in [0.1, 0.15) is 34.8 Å². The second-order valence-corrected chi connectivity index (χ2v) is 5.58. The lowest BCUT2D eigenvalue weighted by molar-refractivity contribution is 0.0933. The number of hydrogen-bond donors (Lipinski definition) is 1. The number of carbonyl (C=O) groups is 1. The molecule has 0 saturated heterocycles. The topological polar surface area (TPSA) is 81.9 Å². The summed E-state index contributed by atoms with van der Waals surface area (Å²) in [6.07, 6.45) is 1.62. The van der Waals surface area contributed by atoms with Gasteiger partial charge in [0, 0.05) is 0 Å². The van der Waals surface area contributed by atoms with Crippen molar-refractivity contribution in [3.05, 3.63) is 65.7 Å². The van der Waals surface area contributed by atoms with E-state index in [1.54, 1.807) is 20.2 Å². The normalized spacial score (nSPS) is 11.8. The fraction of sp³-hybridized carbons (Fsp3) is 0.222. The zero-order valence-electron chi connectivity index (χ0n) is 14.3.